The van der Waals surface area contributed by atoms with Crippen molar-refractivity contribution in [2.24, 2.45) is 17.4 Å². The number of aliphatic carboxylic acids is 1. The van der Waals surface area contributed by atoms with Gasteiger partial charge in [-0.3, -0.25) is 14.4 Å². The fourth-order valence-electron chi connectivity index (χ4n) is 2.32. The van der Waals surface area contributed by atoms with E-state index in [1.807, 2.05) is 0 Å². The molecule has 6 nitrogen and oxygen atoms in total. The highest BCUT2D eigenvalue weighted by atomic mass is 16.4. The van der Waals surface area contributed by atoms with Gasteiger partial charge in [0.1, 0.15) is 0 Å². The van der Waals surface area contributed by atoms with E-state index in [4.69, 9.17) is 16.6 Å². The van der Waals surface area contributed by atoms with Gasteiger partial charge in [-0.05, 0) is 17.4 Å². The Bertz CT molecular complexity index is 471. The zero-order chi connectivity index (χ0) is 15.1. The highest BCUT2D eigenvalue weighted by Gasteiger charge is 2.28. The SMILES string of the molecule is NC(=O)CC(CC(N)=O)[C@@H](CC(=O)O)c1ccccc1. The molecule has 0 heterocycles. The van der Waals surface area contributed by atoms with Gasteiger partial charge in [0.05, 0.1) is 6.42 Å². The largest absolute Gasteiger partial charge is 0.481 e. The fraction of sp³-hybridized carbons (Fsp3) is 0.357. The molecule has 0 fully saturated rings. The predicted octanol–water partition coefficient (Wildman–Crippen LogP) is 0.612. The molecule has 0 bridgehead atoms. The minimum atomic E-state index is -1.00. The lowest BCUT2D eigenvalue weighted by Crippen LogP contribution is -2.27. The highest BCUT2D eigenvalue weighted by molar-refractivity contribution is 5.78. The second-order valence-electron chi connectivity index (χ2n) is 4.72. The van der Waals surface area contributed by atoms with Gasteiger partial charge in [0.15, 0.2) is 0 Å². The number of carboxylic acid groups (broad SMARTS) is 1. The molecule has 2 amide bonds. The lowest BCUT2D eigenvalue weighted by atomic mass is 9.79. The van der Waals surface area contributed by atoms with Crippen molar-refractivity contribution in [3.63, 3.8) is 0 Å². The molecule has 0 radical (unpaired) electrons. The van der Waals surface area contributed by atoms with Crippen LogP contribution in [0.3, 0.4) is 0 Å². The lowest BCUT2D eigenvalue weighted by Gasteiger charge is -2.24. The van der Waals surface area contributed by atoms with Crippen LogP contribution in [0.4, 0.5) is 0 Å². The van der Waals surface area contributed by atoms with Crippen LogP contribution in [0.2, 0.25) is 0 Å². The van der Waals surface area contributed by atoms with Crippen molar-refractivity contribution in [2.75, 3.05) is 0 Å². The van der Waals surface area contributed by atoms with E-state index in [0.717, 1.165) is 5.56 Å². The molecule has 0 aliphatic heterocycles. The van der Waals surface area contributed by atoms with Gasteiger partial charge in [0, 0.05) is 12.8 Å². The first kappa shape index (κ1) is 15.7. The molecule has 20 heavy (non-hydrogen) atoms. The molecular formula is C14H18N2O4. The zero-order valence-electron chi connectivity index (χ0n) is 11.0. The standard InChI is InChI=1S/C14H18N2O4/c15-12(17)6-10(7-13(16)18)11(8-14(19)20)9-4-2-1-3-5-9/h1-5,10-11H,6-8H2,(H2,15,17)(H2,16,18)(H,19,20)/t11-/m0/s1. The normalized spacial score (nSPS) is 12.1. The molecule has 1 rings (SSSR count). The summed E-state index contributed by atoms with van der Waals surface area (Å²) in [6.45, 7) is 0. The van der Waals surface area contributed by atoms with E-state index in [1.54, 1.807) is 30.3 Å². The number of hydrogen-bond donors (Lipinski definition) is 3. The van der Waals surface area contributed by atoms with E-state index in [2.05, 4.69) is 0 Å². The molecule has 0 saturated heterocycles. The Morgan fingerprint density at radius 3 is 1.85 bits per heavy atom. The van der Waals surface area contributed by atoms with Gasteiger partial charge in [-0.25, -0.2) is 0 Å². The third kappa shape index (κ3) is 5.09. The molecule has 1 aromatic carbocycles. The number of nitrogens with two attached hydrogens (primary N) is 2. The van der Waals surface area contributed by atoms with Crippen molar-refractivity contribution < 1.29 is 19.5 Å². The Labute approximate surface area is 116 Å². The maximum Gasteiger partial charge on any atom is 0.303 e. The zero-order valence-corrected chi connectivity index (χ0v) is 11.0. The summed E-state index contributed by atoms with van der Waals surface area (Å²) in [4.78, 5) is 33.3. The topological polar surface area (TPSA) is 123 Å². The Balaban J connectivity index is 3.06. The number of primary amides is 2. The number of carbonyl (C=O) groups is 3. The number of rotatable bonds is 8. The number of carboxylic acids is 1. The molecule has 5 N–H and O–H groups in total. The van der Waals surface area contributed by atoms with Crippen LogP contribution in [0.1, 0.15) is 30.7 Å². The molecule has 1 atom stereocenters. The molecule has 108 valence electrons. The van der Waals surface area contributed by atoms with E-state index < -0.39 is 29.6 Å². The molecule has 0 aliphatic rings. The first-order valence-corrected chi connectivity index (χ1v) is 6.23. The van der Waals surface area contributed by atoms with Crippen molar-refractivity contribution in [3.8, 4) is 0 Å². The van der Waals surface area contributed by atoms with Gasteiger partial charge in [-0.15, -0.1) is 0 Å². The Kier molecular flexibility index (Phi) is 5.71. The second kappa shape index (κ2) is 7.28. The van der Waals surface area contributed by atoms with Crippen molar-refractivity contribution >= 4 is 17.8 Å². The molecule has 0 aromatic heterocycles. The Morgan fingerprint density at radius 1 is 0.950 bits per heavy atom. The van der Waals surface area contributed by atoms with E-state index in [9.17, 15) is 14.4 Å². The molecule has 0 saturated carbocycles. The number of amides is 2. The molecule has 0 unspecified atom stereocenters. The van der Waals surface area contributed by atoms with Crippen molar-refractivity contribution in [1.29, 1.82) is 0 Å². The van der Waals surface area contributed by atoms with Crippen LogP contribution in [-0.2, 0) is 14.4 Å². The maximum absolute atomic E-state index is 11.1. The average Bonchev–Trinajstić information content (AvgIpc) is 2.35. The predicted molar refractivity (Wildman–Crippen MR) is 72.5 cm³/mol. The summed E-state index contributed by atoms with van der Waals surface area (Å²) in [5.41, 5.74) is 11.1. The van der Waals surface area contributed by atoms with Crippen LogP contribution in [0.5, 0.6) is 0 Å². The van der Waals surface area contributed by atoms with E-state index in [1.165, 1.54) is 0 Å². The molecule has 0 aliphatic carbocycles. The summed E-state index contributed by atoms with van der Waals surface area (Å²) in [5, 5.41) is 9.03. The van der Waals surface area contributed by atoms with Gasteiger partial charge < -0.3 is 16.6 Å². The van der Waals surface area contributed by atoms with Gasteiger partial charge in [-0.2, -0.15) is 0 Å². The monoisotopic (exact) mass is 278 g/mol. The minimum Gasteiger partial charge on any atom is -0.481 e. The van der Waals surface area contributed by atoms with Gasteiger partial charge >= 0.3 is 5.97 Å². The Hall–Kier alpha value is -2.37. The first-order valence-electron chi connectivity index (χ1n) is 6.23. The van der Waals surface area contributed by atoms with Crippen LogP contribution >= 0.6 is 0 Å². The van der Waals surface area contributed by atoms with Crippen molar-refractivity contribution in [2.45, 2.75) is 25.2 Å². The number of hydrogen-bond acceptors (Lipinski definition) is 3. The minimum absolute atomic E-state index is 0.0736. The Morgan fingerprint density at radius 2 is 1.45 bits per heavy atom. The van der Waals surface area contributed by atoms with Crippen molar-refractivity contribution in [3.05, 3.63) is 35.9 Å². The van der Waals surface area contributed by atoms with E-state index in [0.29, 0.717) is 0 Å². The van der Waals surface area contributed by atoms with Crippen LogP contribution < -0.4 is 11.5 Å². The van der Waals surface area contributed by atoms with E-state index >= 15 is 0 Å². The second-order valence-corrected chi connectivity index (χ2v) is 4.72. The quantitative estimate of drug-likeness (QED) is 0.644. The van der Waals surface area contributed by atoms with Crippen LogP contribution in [0.15, 0.2) is 30.3 Å². The molecule has 0 spiro atoms. The third-order valence-electron chi connectivity index (χ3n) is 3.12. The smallest absolute Gasteiger partial charge is 0.303 e. The summed E-state index contributed by atoms with van der Waals surface area (Å²) >= 11 is 0. The lowest BCUT2D eigenvalue weighted by molar-refractivity contribution is -0.138. The first-order chi connectivity index (χ1) is 9.40. The highest BCUT2D eigenvalue weighted by Crippen LogP contribution is 2.32. The molecular weight excluding hydrogens is 260 g/mol. The van der Waals surface area contributed by atoms with Crippen LogP contribution in [0, 0.1) is 5.92 Å². The summed E-state index contributed by atoms with van der Waals surface area (Å²) in [5.74, 6) is -3.15. The van der Waals surface area contributed by atoms with Crippen LogP contribution in [0.25, 0.3) is 0 Å². The molecule has 1 aromatic rings. The number of carbonyl (C=O) groups excluding carboxylic acids is 2. The number of benzene rings is 1. The summed E-state index contributed by atoms with van der Waals surface area (Å²) in [7, 11) is 0. The van der Waals surface area contributed by atoms with Gasteiger partial charge in [-0.1, -0.05) is 30.3 Å². The summed E-state index contributed by atoms with van der Waals surface area (Å²) in [6.07, 6.45) is -0.333. The summed E-state index contributed by atoms with van der Waals surface area (Å²) < 4.78 is 0. The fourth-order valence-corrected chi connectivity index (χ4v) is 2.32. The van der Waals surface area contributed by atoms with Gasteiger partial charge in [0.2, 0.25) is 11.8 Å². The molecule has 6 heteroatoms. The average molecular weight is 278 g/mol. The third-order valence-corrected chi connectivity index (χ3v) is 3.12. The maximum atomic E-state index is 11.1. The van der Waals surface area contributed by atoms with Gasteiger partial charge in [0.25, 0.3) is 0 Å². The summed E-state index contributed by atoms with van der Waals surface area (Å²) in [6, 6.07) is 8.88. The van der Waals surface area contributed by atoms with E-state index in [-0.39, 0.29) is 19.3 Å². The van der Waals surface area contributed by atoms with Crippen LogP contribution in [-0.4, -0.2) is 22.9 Å². The van der Waals surface area contributed by atoms with Crippen molar-refractivity contribution in [1.82, 2.24) is 0 Å².